The highest BCUT2D eigenvalue weighted by molar-refractivity contribution is 5.94. The summed E-state index contributed by atoms with van der Waals surface area (Å²) >= 11 is 0. The van der Waals surface area contributed by atoms with E-state index < -0.39 is 11.8 Å². The van der Waals surface area contributed by atoms with E-state index in [2.05, 4.69) is 5.32 Å². The van der Waals surface area contributed by atoms with Gasteiger partial charge in [0, 0.05) is 12.1 Å². The Morgan fingerprint density at radius 3 is 2.59 bits per heavy atom. The molecule has 4 nitrogen and oxygen atoms in total. The summed E-state index contributed by atoms with van der Waals surface area (Å²) in [6.07, 6.45) is 0.244. The lowest BCUT2D eigenvalue weighted by atomic mass is 9.99. The monoisotopic (exact) mass is 298 g/mol. The van der Waals surface area contributed by atoms with Crippen molar-refractivity contribution in [1.82, 2.24) is 0 Å². The van der Waals surface area contributed by atoms with Gasteiger partial charge in [0.2, 0.25) is 5.91 Å². The first kappa shape index (κ1) is 15.5. The van der Waals surface area contributed by atoms with Crippen molar-refractivity contribution in [2.45, 2.75) is 6.42 Å². The lowest BCUT2D eigenvalue weighted by Gasteiger charge is -2.12. The molecule has 0 fully saturated rings. The molecular formula is C17H15FN2O2. The zero-order chi connectivity index (χ0) is 15.9. The molecule has 5 heteroatoms. The van der Waals surface area contributed by atoms with E-state index in [0.717, 1.165) is 5.56 Å². The van der Waals surface area contributed by atoms with Gasteiger partial charge in [0.1, 0.15) is 17.5 Å². The first-order valence-electron chi connectivity index (χ1n) is 6.72. The molecule has 0 heterocycles. The van der Waals surface area contributed by atoms with Crippen molar-refractivity contribution in [1.29, 1.82) is 5.26 Å². The van der Waals surface area contributed by atoms with Crippen molar-refractivity contribution in [2.24, 2.45) is 5.92 Å². The molecule has 1 amide bonds. The van der Waals surface area contributed by atoms with Crippen LogP contribution in [-0.2, 0) is 11.2 Å². The number of ether oxygens (including phenoxy) is 1. The first-order chi connectivity index (χ1) is 10.6. The molecule has 0 aliphatic rings. The summed E-state index contributed by atoms with van der Waals surface area (Å²) in [5.41, 5.74) is 1.23. The summed E-state index contributed by atoms with van der Waals surface area (Å²) in [4.78, 5) is 12.2. The first-order valence-corrected chi connectivity index (χ1v) is 6.72. The number of carbonyl (C=O) groups is 1. The van der Waals surface area contributed by atoms with E-state index in [1.165, 1.54) is 24.3 Å². The van der Waals surface area contributed by atoms with Crippen LogP contribution in [0.1, 0.15) is 5.56 Å². The number of methoxy groups -OCH3 is 1. The molecule has 0 bridgehead atoms. The molecule has 112 valence electrons. The van der Waals surface area contributed by atoms with Gasteiger partial charge < -0.3 is 10.1 Å². The van der Waals surface area contributed by atoms with E-state index in [1.54, 1.807) is 13.2 Å². The van der Waals surface area contributed by atoms with Crippen LogP contribution in [0.3, 0.4) is 0 Å². The number of anilines is 1. The van der Waals surface area contributed by atoms with Crippen molar-refractivity contribution in [3.63, 3.8) is 0 Å². The molecule has 0 aromatic heterocycles. The van der Waals surface area contributed by atoms with E-state index in [4.69, 9.17) is 4.74 Å². The van der Waals surface area contributed by atoms with E-state index in [9.17, 15) is 14.4 Å². The number of halogens is 1. The molecule has 2 rings (SSSR count). The number of para-hydroxylation sites is 1. The van der Waals surface area contributed by atoms with Crippen molar-refractivity contribution in [3.05, 3.63) is 59.9 Å². The molecule has 22 heavy (non-hydrogen) atoms. The maximum absolute atomic E-state index is 12.8. The Labute approximate surface area is 128 Å². The van der Waals surface area contributed by atoms with Crippen LogP contribution in [0.2, 0.25) is 0 Å². The molecule has 0 saturated carbocycles. The quantitative estimate of drug-likeness (QED) is 0.922. The number of nitrogens with zero attached hydrogens (tertiary/aromatic N) is 1. The van der Waals surface area contributed by atoms with Gasteiger partial charge >= 0.3 is 0 Å². The van der Waals surface area contributed by atoms with Crippen molar-refractivity contribution < 1.29 is 13.9 Å². The smallest absolute Gasteiger partial charge is 0.242 e. The number of nitrogens with one attached hydrogen (secondary N) is 1. The van der Waals surface area contributed by atoms with Crippen molar-refractivity contribution in [3.8, 4) is 11.8 Å². The molecule has 0 unspecified atom stereocenters. The van der Waals surface area contributed by atoms with E-state index in [0.29, 0.717) is 11.4 Å². The average molecular weight is 298 g/mol. The Hall–Kier alpha value is -2.87. The lowest BCUT2D eigenvalue weighted by molar-refractivity contribution is -0.118. The minimum atomic E-state index is -0.860. The second kappa shape index (κ2) is 7.23. The Bertz CT molecular complexity index is 693. The van der Waals surface area contributed by atoms with Crippen LogP contribution in [0.5, 0.6) is 5.75 Å². The number of amides is 1. The third-order valence-corrected chi connectivity index (χ3v) is 3.20. The van der Waals surface area contributed by atoms with Gasteiger partial charge in [0.25, 0.3) is 0 Å². The van der Waals surface area contributed by atoms with Gasteiger partial charge in [-0.05, 0) is 35.9 Å². The predicted molar refractivity (Wildman–Crippen MR) is 80.8 cm³/mol. The minimum absolute atomic E-state index is 0.244. The molecule has 2 aromatic rings. The number of hydrogen-bond acceptors (Lipinski definition) is 3. The van der Waals surface area contributed by atoms with Crippen molar-refractivity contribution in [2.75, 3.05) is 12.4 Å². The normalized spacial score (nSPS) is 11.3. The van der Waals surface area contributed by atoms with Gasteiger partial charge in [0.15, 0.2) is 0 Å². The highest BCUT2D eigenvalue weighted by Gasteiger charge is 2.20. The van der Waals surface area contributed by atoms with Crippen LogP contribution >= 0.6 is 0 Å². The van der Waals surface area contributed by atoms with Gasteiger partial charge in [0.05, 0.1) is 13.2 Å². The Kier molecular flexibility index (Phi) is 5.10. The van der Waals surface area contributed by atoms with Crippen LogP contribution < -0.4 is 10.1 Å². The summed E-state index contributed by atoms with van der Waals surface area (Å²) in [5.74, 6) is -1.04. The van der Waals surface area contributed by atoms with Gasteiger partial charge in [-0.2, -0.15) is 5.26 Å². The van der Waals surface area contributed by atoms with Crippen LogP contribution in [0.4, 0.5) is 10.1 Å². The fourth-order valence-corrected chi connectivity index (χ4v) is 2.05. The number of carbonyl (C=O) groups excluding carboxylic acids is 1. The largest absolute Gasteiger partial charge is 0.496 e. The van der Waals surface area contributed by atoms with Crippen molar-refractivity contribution >= 4 is 11.6 Å². The molecular weight excluding hydrogens is 283 g/mol. The highest BCUT2D eigenvalue weighted by Crippen LogP contribution is 2.21. The summed E-state index contributed by atoms with van der Waals surface area (Å²) in [7, 11) is 1.54. The molecule has 1 N–H and O–H groups in total. The Morgan fingerprint density at radius 1 is 1.27 bits per heavy atom. The number of hydrogen-bond donors (Lipinski definition) is 1. The van der Waals surface area contributed by atoms with E-state index >= 15 is 0 Å². The zero-order valence-electron chi connectivity index (χ0n) is 12.0. The maximum Gasteiger partial charge on any atom is 0.242 e. The summed E-state index contributed by atoms with van der Waals surface area (Å²) in [6.45, 7) is 0. The summed E-state index contributed by atoms with van der Waals surface area (Å²) < 4.78 is 18.1. The minimum Gasteiger partial charge on any atom is -0.496 e. The second-order valence-electron chi connectivity index (χ2n) is 4.69. The molecule has 0 saturated heterocycles. The Balaban J connectivity index is 2.09. The predicted octanol–water partition coefficient (Wildman–Crippen LogP) is 3.16. The summed E-state index contributed by atoms with van der Waals surface area (Å²) in [5, 5.41) is 11.8. The maximum atomic E-state index is 12.8. The third kappa shape index (κ3) is 3.83. The van der Waals surface area contributed by atoms with E-state index in [1.807, 2.05) is 24.3 Å². The molecule has 0 aliphatic carbocycles. The van der Waals surface area contributed by atoms with Crippen LogP contribution in [0.15, 0.2) is 48.5 Å². The topological polar surface area (TPSA) is 62.1 Å². The fourth-order valence-electron chi connectivity index (χ4n) is 2.05. The summed E-state index contributed by atoms with van der Waals surface area (Å²) in [6, 6.07) is 14.6. The molecule has 2 aromatic carbocycles. The SMILES string of the molecule is COc1ccccc1C[C@H](C#N)C(=O)Nc1ccc(F)cc1. The van der Waals surface area contributed by atoms with Gasteiger partial charge in [-0.15, -0.1) is 0 Å². The average Bonchev–Trinajstić information content (AvgIpc) is 2.55. The highest BCUT2D eigenvalue weighted by atomic mass is 19.1. The van der Waals surface area contributed by atoms with E-state index in [-0.39, 0.29) is 12.2 Å². The Morgan fingerprint density at radius 2 is 1.95 bits per heavy atom. The molecule has 0 radical (unpaired) electrons. The standard InChI is InChI=1S/C17H15FN2O2/c1-22-16-5-3-2-4-12(16)10-13(11-19)17(21)20-15-8-6-14(18)7-9-15/h2-9,13H,10H2,1H3,(H,20,21)/t13-/m1/s1. The number of benzene rings is 2. The fraction of sp³-hybridized carbons (Fsp3) is 0.176. The van der Waals surface area contributed by atoms with Gasteiger partial charge in [-0.25, -0.2) is 4.39 Å². The number of nitriles is 1. The molecule has 0 spiro atoms. The van der Waals surface area contributed by atoms with Gasteiger partial charge in [-0.3, -0.25) is 4.79 Å². The lowest BCUT2D eigenvalue weighted by Crippen LogP contribution is -2.23. The molecule has 0 aliphatic heterocycles. The van der Waals surface area contributed by atoms with Crippen LogP contribution in [0, 0.1) is 23.1 Å². The zero-order valence-corrected chi connectivity index (χ0v) is 12.0. The second-order valence-corrected chi connectivity index (χ2v) is 4.69. The number of rotatable bonds is 5. The third-order valence-electron chi connectivity index (χ3n) is 3.20. The molecule has 1 atom stereocenters. The van der Waals surface area contributed by atoms with Gasteiger partial charge in [-0.1, -0.05) is 18.2 Å². The van der Waals surface area contributed by atoms with Crippen LogP contribution in [0.25, 0.3) is 0 Å². The van der Waals surface area contributed by atoms with Crippen LogP contribution in [-0.4, -0.2) is 13.0 Å².